The number of pyridine rings is 1. The van der Waals surface area contributed by atoms with E-state index in [1.807, 2.05) is 6.92 Å². The zero-order chi connectivity index (χ0) is 14.2. The van der Waals surface area contributed by atoms with Gasteiger partial charge in [-0.2, -0.15) is 0 Å². The molecule has 1 heterocycles. The Kier molecular flexibility index (Phi) is 3.51. The fraction of sp³-hybridized carbons (Fsp3) is 0.500. The SMILES string of the molecule is CCC1(C(N)c2ccc3nc(C)ccc3c2)CCCC1. The molecule has 0 amide bonds. The second-order valence-corrected chi connectivity index (χ2v) is 6.31. The first-order valence-electron chi connectivity index (χ1n) is 7.77. The summed E-state index contributed by atoms with van der Waals surface area (Å²) in [6.07, 6.45) is 6.38. The Labute approximate surface area is 121 Å². The molecule has 2 N–H and O–H groups in total. The highest BCUT2D eigenvalue weighted by atomic mass is 14.7. The number of hydrogen-bond acceptors (Lipinski definition) is 2. The molecule has 3 rings (SSSR count). The predicted molar refractivity (Wildman–Crippen MR) is 84.6 cm³/mol. The van der Waals surface area contributed by atoms with Gasteiger partial charge in [0.15, 0.2) is 0 Å². The van der Waals surface area contributed by atoms with Crippen molar-refractivity contribution in [1.29, 1.82) is 0 Å². The largest absolute Gasteiger partial charge is 0.323 e. The molecule has 1 aromatic carbocycles. The number of nitrogens with two attached hydrogens (primary N) is 1. The molecule has 1 aliphatic carbocycles. The lowest BCUT2D eigenvalue weighted by atomic mass is 9.74. The molecule has 1 atom stereocenters. The second kappa shape index (κ2) is 5.17. The molecule has 20 heavy (non-hydrogen) atoms. The predicted octanol–water partition coefficient (Wildman–Crippen LogP) is 4.51. The van der Waals surface area contributed by atoms with Crippen LogP contribution in [-0.2, 0) is 0 Å². The quantitative estimate of drug-likeness (QED) is 0.889. The molecule has 1 fully saturated rings. The van der Waals surface area contributed by atoms with Gasteiger partial charge in [-0.15, -0.1) is 0 Å². The molecular formula is C18H24N2. The maximum absolute atomic E-state index is 6.65. The Morgan fingerprint density at radius 1 is 1.20 bits per heavy atom. The number of rotatable bonds is 3. The molecule has 106 valence electrons. The molecule has 1 aliphatic rings. The summed E-state index contributed by atoms with van der Waals surface area (Å²) in [5, 5.41) is 1.20. The Bertz CT molecular complexity index is 612. The van der Waals surface area contributed by atoms with Crippen LogP contribution in [0.2, 0.25) is 0 Å². The average Bonchev–Trinajstić information content (AvgIpc) is 2.96. The van der Waals surface area contributed by atoms with Crippen LogP contribution in [0, 0.1) is 12.3 Å². The highest BCUT2D eigenvalue weighted by Gasteiger charge is 2.38. The van der Waals surface area contributed by atoms with E-state index in [4.69, 9.17) is 5.73 Å². The van der Waals surface area contributed by atoms with Gasteiger partial charge in [0.25, 0.3) is 0 Å². The van der Waals surface area contributed by atoms with Crippen LogP contribution in [0.15, 0.2) is 30.3 Å². The van der Waals surface area contributed by atoms with E-state index < -0.39 is 0 Å². The molecule has 0 aliphatic heterocycles. The summed E-state index contributed by atoms with van der Waals surface area (Å²) in [4.78, 5) is 4.57. The van der Waals surface area contributed by atoms with Crippen LogP contribution in [0.3, 0.4) is 0 Å². The van der Waals surface area contributed by atoms with Crippen molar-refractivity contribution < 1.29 is 0 Å². The molecule has 0 spiro atoms. The molecule has 0 radical (unpaired) electrons. The minimum absolute atomic E-state index is 0.153. The van der Waals surface area contributed by atoms with Gasteiger partial charge in [0.2, 0.25) is 0 Å². The van der Waals surface area contributed by atoms with Crippen LogP contribution in [0.5, 0.6) is 0 Å². The highest BCUT2D eigenvalue weighted by Crippen LogP contribution is 2.49. The van der Waals surface area contributed by atoms with Crippen molar-refractivity contribution in [2.75, 3.05) is 0 Å². The lowest BCUT2D eigenvalue weighted by Crippen LogP contribution is -2.31. The standard InChI is InChI=1S/C18H24N2/c1-3-18(10-4-5-11-18)17(19)15-8-9-16-14(12-15)7-6-13(2)20-16/h6-9,12,17H,3-5,10-11,19H2,1-2H3. The molecule has 1 saturated carbocycles. The Morgan fingerprint density at radius 3 is 2.65 bits per heavy atom. The van der Waals surface area contributed by atoms with Gasteiger partial charge in [0.1, 0.15) is 0 Å². The third-order valence-electron chi connectivity index (χ3n) is 5.17. The van der Waals surface area contributed by atoms with Gasteiger partial charge in [0.05, 0.1) is 5.52 Å². The van der Waals surface area contributed by atoms with Gasteiger partial charge in [0, 0.05) is 17.1 Å². The minimum atomic E-state index is 0.153. The molecule has 2 aromatic rings. The van der Waals surface area contributed by atoms with Gasteiger partial charge >= 0.3 is 0 Å². The fourth-order valence-corrected chi connectivity index (χ4v) is 3.76. The summed E-state index contributed by atoms with van der Waals surface area (Å²) < 4.78 is 0. The third kappa shape index (κ3) is 2.22. The first-order valence-corrected chi connectivity index (χ1v) is 7.77. The first-order chi connectivity index (χ1) is 9.64. The van der Waals surface area contributed by atoms with Crippen LogP contribution in [0.4, 0.5) is 0 Å². The van der Waals surface area contributed by atoms with E-state index >= 15 is 0 Å². The van der Waals surface area contributed by atoms with Crippen molar-refractivity contribution in [2.24, 2.45) is 11.1 Å². The van der Waals surface area contributed by atoms with Crippen molar-refractivity contribution in [1.82, 2.24) is 4.98 Å². The molecule has 1 unspecified atom stereocenters. The Balaban J connectivity index is 1.99. The summed E-state index contributed by atoms with van der Waals surface area (Å²) in [6.45, 7) is 4.32. The second-order valence-electron chi connectivity index (χ2n) is 6.31. The van der Waals surface area contributed by atoms with Gasteiger partial charge in [-0.1, -0.05) is 31.9 Å². The summed E-state index contributed by atoms with van der Waals surface area (Å²) >= 11 is 0. The number of fused-ring (bicyclic) bond motifs is 1. The molecule has 2 nitrogen and oxygen atoms in total. The lowest BCUT2D eigenvalue weighted by Gasteiger charge is -2.34. The average molecular weight is 268 g/mol. The van der Waals surface area contributed by atoms with Crippen LogP contribution in [-0.4, -0.2) is 4.98 Å². The first kappa shape index (κ1) is 13.6. The van der Waals surface area contributed by atoms with Crippen molar-refractivity contribution in [3.8, 4) is 0 Å². The zero-order valence-electron chi connectivity index (χ0n) is 12.5. The molecule has 1 aromatic heterocycles. The number of hydrogen-bond donors (Lipinski definition) is 1. The van der Waals surface area contributed by atoms with Crippen molar-refractivity contribution >= 4 is 10.9 Å². The van der Waals surface area contributed by atoms with Crippen LogP contribution >= 0.6 is 0 Å². The smallest absolute Gasteiger partial charge is 0.0705 e. The van der Waals surface area contributed by atoms with E-state index in [-0.39, 0.29) is 6.04 Å². The normalized spacial score (nSPS) is 19.4. The van der Waals surface area contributed by atoms with E-state index in [2.05, 4.69) is 42.2 Å². The maximum Gasteiger partial charge on any atom is 0.0705 e. The van der Waals surface area contributed by atoms with E-state index in [1.165, 1.54) is 43.1 Å². The van der Waals surface area contributed by atoms with Gasteiger partial charge in [-0.05, 0) is 55.4 Å². The third-order valence-corrected chi connectivity index (χ3v) is 5.17. The monoisotopic (exact) mass is 268 g/mol. The van der Waals surface area contributed by atoms with Gasteiger partial charge < -0.3 is 5.73 Å². The van der Waals surface area contributed by atoms with Gasteiger partial charge in [-0.3, -0.25) is 4.98 Å². The molecule has 2 heteroatoms. The van der Waals surface area contributed by atoms with E-state index in [0.717, 1.165) is 11.2 Å². The van der Waals surface area contributed by atoms with E-state index in [9.17, 15) is 0 Å². The Morgan fingerprint density at radius 2 is 1.95 bits per heavy atom. The number of aryl methyl sites for hydroxylation is 1. The minimum Gasteiger partial charge on any atom is -0.323 e. The van der Waals surface area contributed by atoms with E-state index in [0.29, 0.717) is 5.41 Å². The van der Waals surface area contributed by atoms with E-state index in [1.54, 1.807) is 0 Å². The Hall–Kier alpha value is -1.41. The summed E-state index contributed by atoms with van der Waals surface area (Å²) in [5.74, 6) is 0. The lowest BCUT2D eigenvalue weighted by molar-refractivity contribution is 0.222. The molecular weight excluding hydrogens is 244 g/mol. The summed E-state index contributed by atoms with van der Waals surface area (Å²) in [7, 11) is 0. The fourth-order valence-electron chi connectivity index (χ4n) is 3.76. The number of nitrogens with zero attached hydrogens (tertiary/aromatic N) is 1. The maximum atomic E-state index is 6.65. The van der Waals surface area contributed by atoms with Crippen LogP contribution in [0.1, 0.15) is 56.3 Å². The van der Waals surface area contributed by atoms with Crippen molar-refractivity contribution in [3.63, 3.8) is 0 Å². The topological polar surface area (TPSA) is 38.9 Å². The van der Waals surface area contributed by atoms with Crippen molar-refractivity contribution in [3.05, 3.63) is 41.6 Å². The molecule has 0 saturated heterocycles. The summed E-state index contributed by atoms with van der Waals surface area (Å²) in [5.41, 5.74) is 10.4. The summed E-state index contributed by atoms with van der Waals surface area (Å²) in [6, 6.07) is 10.9. The van der Waals surface area contributed by atoms with Crippen LogP contribution < -0.4 is 5.73 Å². The van der Waals surface area contributed by atoms with Crippen molar-refractivity contribution in [2.45, 2.75) is 52.0 Å². The van der Waals surface area contributed by atoms with Crippen LogP contribution in [0.25, 0.3) is 10.9 Å². The molecule has 0 bridgehead atoms. The number of aromatic nitrogens is 1. The zero-order valence-corrected chi connectivity index (χ0v) is 12.5. The highest BCUT2D eigenvalue weighted by molar-refractivity contribution is 5.79. The van der Waals surface area contributed by atoms with Gasteiger partial charge in [-0.25, -0.2) is 0 Å². The number of benzene rings is 1.